The summed E-state index contributed by atoms with van der Waals surface area (Å²) in [5.41, 5.74) is 6.64. The van der Waals surface area contributed by atoms with Crippen molar-refractivity contribution in [2.75, 3.05) is 44.2 Å². The van der Waals surface area contributed by atoms with Gasteiger partial charge in [0.2, 0.25) is 5.91 Å². The van der Waals surface area contributed by atoms with Crippen molar-refractivity contribution in [1.29, 1.82) is 0 Å². The molecule has 2 aliphatic rings. The number of nitrogens with zero attached hydrogens (tertiary/aromatic N) is 4. The van der Waals surface area contributed by atoms with Crippen molar-refractivity contribution in [2.45, 2.75) is 25.8 Å². The number of piperazine rings is 1. The summed E-state index contributed by atoms with van der Waals surface area (Å²) in [7, 11) is 0. The first-order chi connectivity index (χ1) is 12.9. The zero-order chi connectivity index (χ0) is 19.6. The predicted molar refractivity (Wildman–Crippen MR) is 108 cm³/mol. The minimum atomic E-state index is -0.453. The van der Waals surface area contributed by atoms with Gasteiger partial charge in [0.1, 0.15) is 5.69 Å². The zero-order valence-electron chi connectivity index (χ0n) is 15.9. The number of hydrogen-bond donors (Lipinski definition) is 1. The number of nitrogens with two attached hydrogens (primary N) is 1. The SMILES string of the molecule is CC(=O)N1CCN(c2ccc(C(=O)N3CCCC(N)C3)cc2[N+](=O)[O-])CC1.Cl. The molecule has 2 fully saturated rings. The molecular weight excluding hydrogens is 386 g/mol. The molecule has 2 amide bonds. The third-order valence-electron chi connectivity index (χ3n) is 5.23. The normalized spacial score (nSPS) is 19.8. The van der Waals surface area contributed by atoms with Crippen molar-refractivity contribution in [3.05, 3.63) is 33.9 Å². The highest BCUT2D eigenvalue weighted by atomic mass is 35.5. The van der Waals surface area contributed by atoms with Gasteiger partial charge in [-0.25, -0.2) is 0 Å². The second kappa shape index (κ2) is 9.20. The maximum Gasteiger partial charge on any atom is 0.293 e. The number of carbonyl (C=O) groups excluding carboxylic acids is 2. The molecule has 0 aliphatic carbocycles. The number of anilines is 1. The van der Waals surface area contributed by atoms with Crippen molar-refractivity contribution in [1.82, 2.24) is 9.80 Å². The summed E-state index contributed by atoms with van der Waals surface area (Å²) in [5, 5.41) is 11.6. The topological polar surface area (TPSA) is 113 Å². The van der Waals surface area contributed by atoms with Gasteiger partial charge in [0.05, 0.1) is 4.92 Å². The van der Waals surface area contributed by atoms with Gasteiger partial charge in [-0.15, -0.1) is 12.4 Å². The average Bonchev–Trinajstić information content (AvgIpc) is 2.67. The Bertz CT molecular complexity index is 751. The van der Waals surface area contributed by atoms with Gasteiger partial charge in [0.15, 0.2) is 0 Å². The van der Waals surface area contributed by atoms with Gasteiger partial charge in [-0.05, 0) is 25.0 Å². The second-order valence-corrected chi connectivity index (χ2v) is 7.11. The van der Waals surface area contributed by atoms with E-state index in [2.05, 4.69) is 0 Å². The molecule has 2 N–H and O–H groups in total. The third-order valence-corrected chi connectivity index (χ3v) is 5.23. The largest absolute Gasteiger partial charge is 0.362 e. The van der Waals surface area contributed by atoms with Crippen LogP contribution in [-0.2, 0) is 4.79 Å². The molecule has 154 valence electrons. The molecule has 2 heterocycles. The fourth-order valence-corrected chi connectivity index (χ4v) is 3.71. The summed E-state index contributed by atoms with van der Waals surface area (Å²) in [6.07, 6.45) is 1.72. The summed E-state index contributed by atoms with van der Waals surface area (Å²) in [5.74, 6) is -0.217. The number of piperidine rings is 1. The second-order valence-electron chi connectivity index (χ2n) is 7.11. The maximum atomic E-state index is 12.7. The highest BCUT2D eigenvalue weighted by Crippen LogP contribution is 2.31. The Morgan fingerprint density at radius 1 is 1.14 bits per heavy atom. The van der Waals surface area contributed by atoms with Crippen LogP contribution in [0.4, 0.5) is 11.4 Å². The molecular formula is C18H26ClN5O4. The molecule has 0 bridgehead atoms. The van der Waals surface area contributed by atoms with Crippen LogP contribution in [0.1, 0.15) is 30.1 Å². The molecule has 0 radical (unpaired) electrons. The molecule has 9 nitrogen and oxygen atoms in total. The van der Waals surface area contributed by atoms with Crippen molar-refractivity contribution in [3.8, 4) is 0 Å². The molecule has 28 heavy (non-hydrogen) atoms. The summed E-state index contributed by atoms with van der Waals surface area (Å²) >= 11 is 0. The van der Waals surface area contributed by atoms with Crippen LogP contribution in [-0.4, -0.2) is 71.8 Å². The number of rotatable bonds is 3. The van der Waals surface area contributed by atoms with Crippen LogP contribution in [0.15, 0.2) is 18.2 Å². The Balaban J connectivity index is 0.00000280. The fourth-order valence-electron chi connectivity index (χ4n) is 3.71. The van der Waals surface area contributed by atoms with Crippen LogP contribution in [0.2, 0.25) is 0 Å². The number of halogens is 1. The number of benzene rings is 1. The fraction of sp³-hybridized carbons (Fsp3) is 0.556. The summed E-state index contributed by atoms with van der Waals surface area (Å²) in [6.45, 7) is 4.71. The van der Waals surface area contributed by atoms with Crippen LogP contribution < -0.4 is 10.6 Å². The molecule has 3 rings (SSSR count). The first kappa shape index (κ1) is 21.9. The van der Waals surface area contributed by atoms with E-state index in [1.165, 1.54) is 13.0 Å². The van der Waals surface area contributed by atoms with E-state index in [0.717, 1.165) is 12.8 Å². The minimum absolute atomic E-state index is 0. The van der Waals surface area contributed by atoms with Crippen molar-refractivity contribution in [3.63, 3.8) is 0 Å². The van der Waals surface area contributed by atoms with E-state index < -0.39 is 4.92 Å². The van der Waals surface area contributed by atoms with Crippen LogP contribution in [0.5, 0.6) is 0 Å². The van der Waals surface area contributed by atoms with Gasteiger partial charge in [0, 0.05) is 63.9 Å². The number of likely N-dealkylation sites (tertiary alicyclic amines) is 1. The number of nitro benzene ring substituents is 1. The van der Waals surface area contributed by atoms with E-state index in [4.69, 9.17) is 5.73 Å². The number of hydrogen-bond acceptors (Lipinski definition) is 6. The summed E-state index contributed by atoms with van der Waals surface area (Å²) in [4.78, 5) is 40.6. The van der Waals surface area contributed by atoms with E-state index in [-0.39, 0.29) is 36.0 Å². The van der Waals surface area contributed by atoms with Crippen molar-refractivity contribution < 1.29 is 14.5 Å². The molecule has 1 atom stereocenters. The molecule has 2 saturated heterocycles. The highest BCUT2D eigenvalue weighted by Gasteiger charge is 2.28. The van der Waals surface area contributed by atoms with Crippen LogP contribution in [0.3, 0.4) is 0 Å². The molecule has 0 aromatic heterocycles. The van der Waals surface area contributed by atoms with Crippen molar-refractivity contribution >= 4 is 35.6 Å². The maximum absolute atomic E-state index is 12.7. The lowest BCUT2D eigenvalue weighted by Crippen LogP contribution is -2.48. The third kappa shape index (κ3) is 4.71. The van der Waals surface area contributed by atoms with Crippen LogP contribution in [0, 0.1) is 10.1 Å². The zero-order valence-corrected chi connectivity index (χ0v) is 16.7. The van der Waals surface area contributed by atoms with E-state index in [9.17, 15) is 19.7 Å². The Labute approximate surface area is 170 Å². The van der Waals surface area contributed by atoms with Gasteiger partial charge in [-0.2, -0.15) is 0 Å². The van der Waals surface area contributed by atoms with E-state index in [1.54, 1.807) is 21.9 Å². The average molecular weight is 412 g/mol. The lowest BCUT2D eigenvalue weighted by atomic mass is 10.0. The van der Waals surface area contributed by atoms with Gasteiger partial charge in [-0.3, -0.25) is 19.7 Å². The standard InChI is InChI=1S/C18H25N5O4.ClH/c1-13(24)20-7-9-21(10-8-20)16-5-4-14(11-17(16)23(26)27)18(25)22-6-2-3-15(19)12-22;/h4-5,11,15H,2-3,6-10,12,19H2,1H3;1H. The van der Waals surface area contributed by atoms with Crippen LogP contribution >= 0.6 is 12.4 Å². The van der Waals surface area contributed by atoms with E-state index >= 15 is 0 Å². The van der Waals surface area contributed by atoms with Crippen molar-refractivity contribution in [2.24, 2.45) is 5.73 Å². The number of amides is 2. The quantitative estimate of drug-likeness (QED) is 0.591. The Hall–Kier alpha value is -2.39. The highest BCUT2D eigenvalue weighted by molar-refractivity contribution is 5.96. The smallest absolute Gasteiger partial charge is 0.293 e. The molecule has 10 heteroatoms. The van der Waals surface area contributed by atoms with Crippen LogP contribution in [0.25, 0.3) is 0 Å². The summed E-state index contributed by atoms with van der Waals surface area (Å²) < 4.78 is 0. The first-order valence-corrected chi connectivity index (χ1v) is 9.20. The molecule has 1 aromatic carbocycles. The van der Waals surface area contributed by atoms with E-state index in [0.29, 0.717) is 50.5 Å². The summed E-state index contributed by atoms with van der Waals surface area (Å²) in [6, 6.07) is 4.59. The van der Waals surface area contributed by atoms with Gasteiger partial charge >= 0.3 is 0 Å². The van der Waals surface area contributed by atoms with E-state index in [1.807, 2.05) is 4.90 Å². The van der Waals surface area contributed by atoms with Gasteiger partial charge < -0.3 is 20.4 Å². The van der Waals surface area contributed by atoms with Gasteiger partial charge in [-0.1, -0.05) is 0 Å². The Morgan fingerprint density at radius 2 is 1.82 bits per heavy atom. The molecule has 0 spiro atoms. The Morgan fingerprint density at radius 3 is 2.39 bits per heavy atom. The Kier molecular flexibility index (Phi) is 7.20. The van der Waals surface area contributed by atoms with Gasteiger partial charge in [0.25, 0.3) is 11.6 Å². The molecule has 2 aliphatic heterocycles. The molecule has 1 aromatic rings. The minimum Gasteiger partial charge on any atom is -0.362 e. The molecule has 0 saturated carbocycles. The lowest BCUT2D eigenvalue weighted by Gasteiger charge is -2.35. The number of carbonyl (C=O) groups is 2. The predicted octanol–water partition coefficient (Wildman–Crippen LogP) is 1.25. The number of nitro groups is 1. The molecule has 1 unspecified atom stereocenters. The first-order valence-electron chi connectivity index (χ1n) is 9.20. The monoisotopic (exact) mass is 411 g/mol. The lowest BCUT2D eigenvalue weighted by molar-refractivity contribution is -0.384.